The van der Waals surface area contributed by atoms with Gasteiger partial charge in [-0.25, -0.2) is 0 Å². The van der Waals surface area contributed by atoms with Crippen molar-refractivity contribution in [2.75, 3.05) is 17.7 Å². The van der Waals surface area contributed by atoms with Crippen LogP contribution < -0.4 is 5.32 Å². The molecule has 0 saturated carbocycles. The van der Waals surface area contributed by atoms with Gasteiger partial charge in [0.15, 0.2) is 0 Å². The molecular formula is C25H25ClN2O3. The molecular weight excluding hydrogens is 412 g/mol. The molecule has 1 aliphatic rings. The average molecular weight is 437 g/mol. The molecule has 0 aliphatic carbocycles. The van der Waals surface area contributed by atoms with E-state index >= 15 is 0 Å². The minimum absolute atomic E-state index is 0.0283. The number of nitrogens with one attached hydrogen (secondary N) is 1. The van der Waals surface area contributed by atoms with Crippen LogP contribution in [-0.4, -0.2) is 29.1 Å². The molecule has 0 fully saturated rings. The molecule has 1 N–H and O–H groups in total. The molecule has 0 spiro atoms. The number of hydrogen-bond donors (Lipinski definition) is 1. The fraction of sp³-hybridized carbons (Fsp3) is 0.280. The van der Waals surface area contributed by atoms with Gasteiger partial charge >= 0.3 is 0 Å². The summed E-state index contributed by atoms with van der Waals surface area (Å²) < 4.78 is 6.10. The molecule has 160 valence electrons. The summed E-state index contributed by atoms with van der Waals surface area (Å²) in [5.74, 6) is 1.77. The Bertz CT molecular complexity index is 1100. The zero-order valence-electron chi connectivity index (χ0n) is 17.7. The van der Waals surface area contributed by atoms with E-state index in [0.717, 1.165) is 22.6 Å². The van der Waals surface area contributed by atoms with E-state index < -0.39 is 5.41 Å². The number of furan rings is 1. The summed E-state index contributed by atoms with van der Waals surface area (Å²) in [5, 5.41) is 2.93. The second kappa shape index (κ2) is 8.60. The molecule has 4 rings (SSSR count). The largest absolute Gasteiger partial charge is 0.461 e. The van der Waals surface area contributed by atoms with Crippen molar-refractivity contribution < 1.29 is 14.0 Å². The summed E-state index contributed by atoms with van der Waals surface area (Å²) in [6.07, 6.45) is 0.675. The molecule has 1 aliphatic heterocycles. The van der Waals surface area contributed by atoms with Crippen LogP contribution >= 0.6 is 11.6 Å². The van der Waals surface area contributed by atoms with Crippen LogP contribution in [0.2, 0.25) is 0 Å². The summed E-state index contributed by atoms with van der Waals surface area (Å²) in [4.78, 5) is 27.1. The number of benzene rings is 2. The van der Waals surface area contributed by atoms with Crippen molar-refractivity contribution in [2.24, 2.45) is 5.41 Å². The van der Waals surface area contributed by atoms with E-state index in [0.29, 0.717) is 30.8 Å². The van der Waals surface area contributed by atoms with Crippen LogP contribution in [-0.2, 0) is 17.8 Å². The van der Waals surface area contributed by atoms with E-state index in [-0.39, 0.29) is 17.7 Å². The van der Waals surface area contributed by atoms with Crippen LogP contribution in [0.5, 0.6) is 0 Å². The average Bonchev–Trinajstić information content (AvgIpc) is 3.23. The zero-order valence-corrected chi connectivity index (χ0v) is 18.4. The van der Waals surface area contributed by atoms with E-state index in [2.05, 4.69) is 5.32 Å². The normalized spacial score (nSPS) is 13.6. The smallest absolute Gasteiger partial charge is 0.254 e. The highest BCUT2D eigenvalue weighted by Crippen LogP contribution is 2.31. The number of rotatable bonds is 5. The summed E-state index contributed by atoms with van der Waals surface area (Å²) in [6, 6.07) is 18.9. The minimum atomic E-state index is -0.657. The Kier molecular flexibility index (Phi) is 5.88. The van der Waals surface area contributed by atoms with Crippen molar-refractivity contribution in [3.05, 3.63) is 77.6 Å². The second-order valence-corrected chi connectivity index (χ2v) is 8.72. The molecule has 6 heteroatoms. The van der Waals surface area contributed by atoms with E-state index in [1.54, 1.807) is 0 Å². The maximum atomic E-state index is 12.8. The van der Waals surface area contributed by atoms with E-state index in [9.17, 15) is 9.59 Å². The fourth-order valence-corrected chi connectivity index (χ4v) is 3.64. The van der Waals surface area contributed by atoms with Gasteiger partial charge in [0.1, 0.15) is 11.5 Å². The lowest BCUT2D eigenvalue weighted by Crippen LogP contribution is -2.35. The Morgan fingerprint density at radius 2 is 1.87 bits per heavy atom. The predicted octanol–water partition coefficient (Wildman–Crippen LogP) is 5.35. The van der Waals surface area contributed by atoms with Gasteiger partial charge in [-0.05, 0) is 44.2 Å². The van der Waals surface area contributed by atoms with E-state index in [1.807, 2.05) is 79.4 Å². The van der Waals surface area contributed by atoms with Crippen LogP contribution in [0.1, 0.15) is 35.5 Å². The lowest BCUT2D eigenvalue weighted by atomic mass is 9.95. The molecule has 3 aromatic rings. The minimum Gasteiger partial charge on any atom is -0.461 e. The van der Waals surface area contributed by atoms with E-state index in [4.69, 9.17) is 16.0 Å². The molecule has 0 bridgehead atoms. The number of alkyl halides is 1. The quantitative estimate of drug-likeness (QED) is 0.548. The Labute approximate surface area is 187 Å². The van der Waals surface area contributed by atoms with Crippen molar-refractivity contribution in [1.82, 2.24) is 4.90 Å². The van der Waals surface area contributed by atoms with Gasteiger partial charge in [0.05, 0.1) is 5.41 Å². The number of carbonyl (C=O) groups is 2. The van der Waals surface area contributed by atoms with Crippen LogP contribution in [0.25, 0.3) is 11.3 Å². The molecule has 0 unspecified atom stereocenters. The van der Waals surface area contributed by atoms with Gasteiger partial charge in [-0.1, -0.05) is 30.3 Å². The first-order chi connectivity index (χ1) is 14.9. The van der Waals surface area contributed by atoms with Gasteiger partial charge in [-0.15, -0.1) is 11.6 Å². The molecule has 0 saturated heterocycles. The van der Waals surface area contributed by atoms with Gasteiger partial charge in [-0.2, -0.15) is 0 Å². The lowest BCUT2D eigenvalue weighted by Gasteiger charge is -2.26. The summed E-state index contributed by atoms with van der Waals surface area (Å²) >= 11 is 5.91. The summed E-state index contributed by atoms with van der Waals surface area (Å²) in [5.41, 5.74) is 2.62. The van der Waals surface area contributed by atoms with Crippen LogP contribution in [0.15, 0.2) is 65.1 Å². The highest BCUT2D eigenvalue weighted by Gasteiger charge is 2.27. The SMILES string of the molecule is CC(C)(CCl)C(=O)Nc1cccc(-c2cc3c(o2)CCN(C(=O)c2ccccc2)C3)c1. The van der Waals surface area contributed by atoms with Crippen molar-refractivity contribution >= 4 is 29.1 Å². The third-order valence-corrected chi connectivity index (χ3v) is 6.20. The fourth-order valence-electron chi connectivity index (χ4n) is 3.52. The summed E-state index contributed by atoms with van der Waals surface area (Å²) in [7, 11) is 0. The monoisotopic (exact) mass is 436 g/mol. The molecule has 0 radical (unpaired) electrons. The highest BCUT2D eigenvalue weighted by atomic mass is 35.5. The Hall–Kier alpha value is -3.05. The molecule has 2 amide bonds. The number of hydrogen-bond acceptors (Lipinski definition) is 3. The maximum absolute atomic E-state index is 12.8. The van der Waals surface area contributed by atoms with Gasteiger partial charge < -0.3 is 14.6 Å². The first kappa shape index (κ1) is 21.2. The van der Waals surface area contributed by atoms with Crippen molar-refractivity contribution in [3.63, 3.8) is 0 Å². The van der Waals surface area contributed by atoms with Crippen LogP contribution in [0.4, 0.5) is 5.69 Å². The topological polar surface area (TPSA) is 62.6 Å². The Morgan fingerprint density at radius 1 is 1.10 bits per heavy atom. The van der Waals surface area contributed by atoms with Crippen LogP contribution in [0, 0.1) is 5.41 Å². The maximum Gasteiger partial charge on any atom is 0.254 e. The Morgan fingerprint density at radius 3 is 2.61 bits per heavy atom. The number of carbonyl (C=O) groups excluding carboxylic acids is 2. The zero-order chi connectivity index (χ0) is 22.0. The lowest BCUT2D eigenvalue weighted by molar-refractivity contribution is -0.122. The first-order valence-electron chi connectivity index (χ1n) is 10.3. The predicted molar refractivity (Wildman–Crippen MR) is 122 cm³/mol. The Balaban J connectivity index is 1.52. The van der Waals surface area contributed by atoms with E-state index in [1.165, 1.54) is 0 Å². The summed E-state index contributed by atoms with van der Waals surface area (Å²) in [6.45, 7) is 4.76. The number of halogens is 1. The molecule has 0 atom stereocenters. The highest BCUT2D eigenvalue weighted by molar-refractivity contribution is 6.20. The van der Waals surface area contributed by atoms with Gasteiger partial charge in [0.25, 0.3) is 5.91 Å². The van der Waals surface area contributed by atoms with Crippen molar-refractivity contribution in [1.29, 1.82) is 0 Å². The molecule has 2 aromatic carbocycles. The van der Waals surface area contributed by atoms with Crippen LogP contribution in [0.3, 0.4) is 0 Å². The third-order valence-electron chi connectivity index (χ3n) is 5.53. The second-order valence-electron chi connectivity index (χ2n) is 8.45. The third kappa shape index (κ3) is 4.52. The molecule has 1 aromatic heterocycles. The van der Waals surface area contributed by atoms with Gasteiger partial charge in [0, 0.05) is 47.8 Å². The molecule has 31 heavy (non-hydrogen) atoms. The number of fused-ring (bicyclic) bond motifs is 1. The van der Waals surface area contributed by atoms with Crippen molar-refractivity contribution in [3.8, 4) is 11.3 Å². The molecule has 2 heterocycles. The standard InChI is InChI=1S/C25H25ClN2O3/c1-25(2,16-26)24(30)27-20-10-6-9-18(13-20)22-14-19-15-28(12-11-21(19)31-22)23(29)17-7-4-3-5-8-17/h3-10,13-14H,11-12,15-16H2,1-2H3,(H,27,30). The van der Waals surface area contributed by atoms with Gasteiger partial charge in [0.2, 0.25) is 5.91 Å². The molecule has 5 nitrogen and oxygen atoms in total. The number of amides is 2. The van der Waals surface area contributed by atoms with Crippen molar-refractivity contribution in [2.45, 2.75) is 26.8 Å². The number of anilines is 1. The first-order valence-corrected chi connectivity index (χ1v) is 10.8. The number of nitrogens with zero attached hydrogens (tertiary/aromatic N) is 1. The van der Waals surface area contributed by atoms with Gasteiger partial charge in [-0.3, -0.25) is 9.59 Å².